The SMILES string of the molecule is c1ccc(-c2c3ccccc3c(-c3ccc4c(c3)oc3cccc(-c5c6ccccc6c(-c6cccnc6)c6ccccc56)c34)c3ccccc23)cc1. The van der Waals surface area contributed by atoms with Crippen LogP contribution >= 0.6 is 0 Å². The molecule has 0 fully saturated rings. The van der Waals surface area contributed by atoms with Gasteiger partial charge in [-0.1, -0.05) is 152 Å². The van der Waals surface area contributed by atoms with Crippen LogP contribution in [0, 0.1) is 0 Å². The molecule has 11 rings (SSSR count). The Balaban J connectivity index is 1.18. The molecule has 0 atom stereocenters. The van der Waals surface area contributed by atoms with Crippen LogP contribution in [0.15, 0.2) is 193 Å². The lowest BCUT2D eigenvalue weighted by molar-refractivity contribution is 0.669. The molecule has 9 aromatic carbocycles. The van der Waals surface area contributed by atoms with Crippen LogP contribution in [0.4, 0.5) is 0 Å². The Hall–Kier alpha value is -7.03. The summed E-state index contributed by atoms with van der Waals surface area (Å²) in [5.74, 6) is 0. The van der Waals surface area contributed by atoms with Crippen molar-refractivity contribution in [1.82, 2.24) is 4.98 Å². The number of fused-ring (bicyclic) bond motifs is 7. The largest absolute Gasteiger partial charge is 0.456 e. The highest BCUT2D eigenvalue weighted by atomic mass is 16.3. The minimum atomic E-state index is 0.880. The number of hydrogen-bond acceptors (Lipinski definition) is 2. The zero-order valence-corrected chi connectivity index (χ0v) is 28.8. The van der Waals surface area contributed by atoms with Crippen molar-refractivity contribution < 1.29 is 4.42 Å². The van der Waals surface area contributed by atoms with Gasteiger partial charge in [0, 0.05) is 28.7 Å². The second-order valence-electron chi connectivity index (χ2n) is 13.8. The molecular weight excluding hydrogens is 643 g/mol. The van der Waals surface area contributed by atoms with E-state index in [0.717, 1.165) is 33.1 Å². The quantitative estimate of drug-likeness (QED) is 0.174. The second kappa shape index (κ2) is 11.8. The number of nitrogens with zero attached hydrogens (tertiary/aromatic N) is 1. The normalized spacial score (nSPS) is 11.8. The molecule has 2 heteroatoms. The van der Waals surface area contributed by atoms with Gasteiger partial charge in [-0.05, 0) is 106 Å². The summed E-state index contributed by atoms with van der Waals surface area (Å²) in [6.45, 7) is 0. The second-order valence-corrected chi connectivity index (χ2v) is 13.8. The van der Waals surface area contributed by atoms with Crippen LogP contribution in [0.1, 0.15) is 0 Å². The van der Waals surface area contributed by atoms with Crippen molar-refractivity contribution >= 4 is 65.0 Å². The molecule has 0 saturated carbocycles. The zero-order valence-electron chi connectivity index (χ0n) is 28.8. The smallest absolute Gasteiger partial charge is 0.136 e. The predicted octanol–water partition coefficient (Wildman–Crippen LogP) is 14.3. The summed E-state index contributed by atoms with van der Waals surface area (Å²) in [5, 5.41) is 12.0. The molecule has 0 unspecified atom stereocenters. The first kappa shape index (κ1) is 29.7. The van der Waals surface area contributed by atoms with Crippen molar-refractivity contribution in [2.24, 2.45) is 0 Å². The molecule has 2 heterocycles. The third-order valence-corrected chi connectivity index (χ3v) is 10.9. The van der Waals surface area contributed by atoms with Gasteiger partial charge in [-0.3, -0.25) is 4.98 Å². The number of rotatable bonds is 4. The van der Waals surface area contributed by atoms with Crippen molar-refractivity contribution in [2.45, 2.75) is 0 Å². The van der Waals surface area contributed by atoms with Crippen molar-refractivity contribution in [1.29, 1.82) is 0 Å². The maximum Gasteiger partial charge on any atom is 0.136 e. The highest BCUT2D eigenvalue weighted by Crippen LogP contribution is 2.48. The summed E-state index contributed by atoms with van der Waals surface area (Å²) < 4.78 is 6.80. The summed E-state index contributed by atoms with van der Waals surface area (Å²) in [6.07, 6.45) is 3.81. The molecule has 0 aliphatic carbocycles. The average molecular weight is 674 g/mol. The lowest BCUT2D eigenvalue weighted by Crippen LogP contribution is -1.91. The van der Waals surface area contributed by atoms with E-state index in [4.69, 9.17) is 4.42 Å². The van der Waals surface area contributed by atoms with Crippen molar-refractivity contribution in [3.05, 3.63) is 188 Å². The summed E-state index contributed by atoms with van der Waals surface area (Å²) >= 11 is 0. The fourth-order valence-electron chi connectivity index (χ4n) is 8.79. The Labute approximate surface area is 306 Å². The van der Waals surface area contributed by atoms with E-state index in [0.29, 0.717) is 0 Å². The molecule has 0 saturated heterocycles. The van der Waals surface area contributed by atoms with E-state index in [1.54, 1.807) is 0 Å². The van der Waals surface area contributed by atoms with E-state index in [1.807, 2.05) is 18.5 Å². The molecule has 2 aromatic heterocycles. The van der Waals surface area contributed by atoms with Gasteiger partial charge in [0.2, 0.25) is 0 Å². The number of benzene rings is 9. The van der Waals surface area contributed by atoms with Crippen LogP contribution in [0.2, 0.25) is 0 Å². The van der Waals surface area contributed by atoms with Gasteiger partial charge in [0.05, 0.1) is 0 Å². The third-order valence-electron chi connectivity index (χ3n) is 10.9. The van der Waals surface area contributed by atoms with E-state index in [2.05, 4.69) is 175 Å². The van der Waals surface area contributed by atoms with E-state index < -0.39 is 0 Å². The topological polar surface area (TPSA) is 26.0 Å². The zero-order chi connectivity index (χ0) is 34.9. The third kappa shape index (κ3) is 4.49. The molecule has 246 valence electrons. The van der Waals surface area contributed by atoms with Gasteiger partial charge < -0.3 is 4.42 Å². The van der Waals surface area contributed by atoms with Crippen LogP contribution in [0.25, 0.3) is 110 Å². The Kier molecular flexibility index (Phi) is 6.59. The Morgan fingerprint density at radius 3 is 1.36 bits per heavy atom. The Morgan fingerprint density at radius 2 is 0.811 bits per heavy atom. The Bertz CT molecular complexity index is 3100. The standard InChI is InChI=1S/C51H31NO/c1-2-14-32(15-3-1)47-35-17-4-6-19-37(35)48(38-20-7-5-18-36(38)47)33-27-28-43-46(30-33)53-45-26-12-25-44(51(43)45)50-41-23-10-8-21-39(41)49(34-16-13-29-52-31-34)40-22-9-11-24-42(40)50/h1-31H. The maximum atomic E-state index is 6.80. The van der Waals surface area contributed by atoms with Gasteiger partial charge in [-0.2, -0.15) is 0 Å². The predicted molar refractivity (Wildman–Crippen MR) is 223 cm³/mol. The van der Waals surface area contributed by atoms with E-state index in [1.165, 1.54) is 76.5 Å². The molecule has 0 aliphatic heterocycles. The first-order chi connectivity index (χ1) is 26.3. The summed E-state index contributed by atoms with van der Waals surface area (Å²) in [5.41, 5.74) is 11.3. The van der Waals surface area contributed by atoms with Crippen molar-refractivity contribution in [3.63, 3.8) is 0 Å². The first-order valence-corrected chi connectivity index (χ1v) is 18.1. The minimum Gasteiger partial charge on any atom is -0.456 e. The number of aromatic nitrogens is 1. The van der Waals surface area contributed by atoms with E-state index in [9.17, 15) is 0 Å². The number of hydrogen-bond donors (Lipinski definition) is 0. The van der Waals surface area contributed by atoms with Gasteiger partial charge in [0.15, 0.2) is 0 Å². The van der Waals surface area contributed by atoms with Crippen molar-refractivity contribution in [3.8, 4) is 44.5 Å². The van der Waals surface area contributed by atoms with Crippen molar-refractivity contribution in [2.75, 3.05) is 0 Å². The summed E-state index contributed by atoms with van der Waals surface area (Å²) in [7, 11) is 0. The highest BCUT2D eigenvalue weighted by Gasteiger charge is 2.22. The molecule has 0 amide bonds. The monoisotopic (exact) mass is 673 g/mol. The molecule has 0 bridgehead atoms. The fraction of sp³-hybridized carbons (Fsp3) is 0. The van der Waals surface area contributed by atoms with Crippen LogP contribution in [-0.2, 0) is 0 Å². The first-order valence-electron chi connectivity index (χ1n) is 18.1. The van der Waals surface area contributed by atoms with Crippen LogP contribution in [0.5, 0.6) is 0 Å². The molecule has 0 N–H and O–H groups in total. The Morgan fingerprint density at radius 1 is 0.321 bits per heavy atom. The van der Waals surface area contributed by atoms with Crippen LogP contribution in [-0.4, -0.2) is 4.98 Å². The lowest BCUT2D eigenvalue weighted by atomic mass is 9.85. The lowest BCUT2D eigenvalue weighted by Gasteiger charge is -2.18. The molecule has 11 aromatic rings. The number of furan rings is 1. The molecule has 0 spiro atoms. The molecule has 53 heavy (non-hydrogen) atoms. The van der Waals surface area contributed by atoms with Gasteiger partial charge >= 0.3 is 0 Å². The maximum absolute atomic E-state index is 6.80. The molecule has 0 aliphatic rings. The number of pyridine rings is 1. The molecule has 2 nitrogen and oxygen atoms in total. The van der Waals surface area contributed by atoms with E-state index >= 15 is 0 Å². The van der Waals surface area contributed by atoms with Gasteiger partial charge in [0.25, 0.3) is 0 Å². The van der Waals surface area contributed by atoms with E-state index in [-0.39, 0.29) is 0 Å². The minimum absolute atomic E-state index is 0.880. The summed E-state index contributed by atoms with van der Waals surface area (Å²) in [4.78, 5) is 4.49. The van der Waals surface area contributed by atoms with Crippen LogP contribution in [0.3, 0.4) is 0 Å². The van der Waals surface area contributed by atoms with Crippen LogP contribution < -0.4 is 0 Å². The molecular formula is C51H31NO. The van der Waals surface area contributed by atoms with Gasteiger partial charge in [-0.25, -0.2) is 0 Å². The highest BCUT2D eigenvalue weighted by molar-refractivity contribution is 6.26. The van der Waals surface area contributed by atoms with Gasteiger partial charge in [0.1, 0.15) is 11.2 Å². The van der Waals surface area contributed by atoms with Gasteiger partial charge in [-0.15, -0.1) is 0 Å². The summed E-state index contributed by atoms with van der Waals surface area (Å²) in [6, 6.07) is 63.4. The molecule has 0 radical (unpaired) electrons. The average Bonchev–Trinajstić information content (AvgIpc) is 3.61. The fourth-order valence-corrected chi connectivity index (χ4v) is 8.79.